The quantitative estimate of drug-likeness (QED) is 0.838. The molecule has 154 valence electrons. The number of benzene rings is 1. The van der Waals surface area contributed by atoms with Crippen LogP contribution in [0.3, 0.4) is 0 Å². The van der Waals surface area contributed by atoms with Crippen LogP contribution in [0.5, 0.6) is 0 Å². The van der Waals surface area contributed by atoms with Gasteiger partial charge in [0.2, 0.25) is 11.8 Å². The van der Waals surface area contributed by atoms with E-state index in [0.717, 1.165) is 68.4 Å². The van der Waals surface area contributed by atoms with Gasteiger partial charge in [0.15, 0.2) is 5.13 Å². The van der Waals surface area contributed by atoms with E-state index in [-0.39, 0.29) is 17.7 Å². The molecule has 1 aliphatic carbocycles. The van der Waals surface area contributed by atoms with Gasteiger partial charge in [-0.05, 0) is 43.4 Å². The molecule has 6 nitrogen and oxygen atoms in total. The Morgan fingerprint density at radius 1 is 1.17 bits per heavy atom. The van der Waals surface area contributed by atoms with Crippen molar-refractivity contribution in [3.63, 3.8) is 0 Å². The fourth-order valence-electron chi connectivity index (χ4n) is 4.00. The number of fused-ring (bicyclic) bond motifs is 1. The van der Waals surface area contributed by atoms with Crippen LogP contribution >= 0.6 is 11.3 Å². The summed E-state index contributed by atoms with van der Waals surface area (Å²) >= 11 is 1.72. The first-order valence-electron chi connectivity index (χ1n) is 10.4. The Bertz CT molecular complexity index is 885. The molecule has 2 aliphatic rings. The molecule has 0 radical (unpaired) electrons. The Labute approximate surface area is 175 Å². The molecule has 1 aliphatic heterocycles. The Morgan fingerprint density at radius 3 is 2.55 bits per heavy atom. The first kappa shape index (κ1) is 19.9. The molecule has 1 aromatic carbocycles. The summed E-state index contributed by atoms with van der Waals surface area (Å²) in [6.07, 6.45) is 3.45. The average Bonchev–Trinajstić information content (AvgIpc) is 3.17. The van der Waals surface area contributed by atoms with E-state index in [4.69, 9.17) is 4.98 Å². The maximum absolute atomic E-state index is 12.8. The average molecular weight is 413 g/mol. The van der Waals surface area contributed by atoms with Crippen LogP contribution in [-0.2, 0) is 28.9 Å². The minimum absolute atomic E-state index is 0.00351. The number of nitrogens with one attached hydrogen (secondary N) is 1. The summed E-state index contributed by atoms with van der Waals surface area (Å²) in [5.74, 6) is 0.238. The van der Waals surface area contributed by atoms with Crippen molar-refractivity contribution in [1.29, 1.82) is 0 Å². The number of anilines is 2. The molecule has 7 heteroatoms. The lowest BCUT2D eigenvalue weighted by Crippen LogP contribution is -2.48. The molecule has 2 heterocycles. The van der Waals surface area contributed by atoms with Crippen LogP contribution in [0.25, 0.3) is 0 Å². The first-order valence-corrected chi connectivity index (χ1v) is 11.2. The number of piperazine rings is 1. The Morgan fingerprint density at radius 2 is 1.90 bits per heavy atom. The van der Waals surface area contributed by atoms with Crippen molar-refractivity contribution < 1.29 is 9.59 Å². The molecule has 2 amide bonds. The predicted molar refractivity (Wildman–Crippen MR) is 117 cm³/mol. The van der Waals surface area contributed by atoms with Crippen LogP contribution in [0.4, 0.5) is 10.8 Å². The fourth-order valence-corrected chi connectivity index (χ4v) is 5.24. The molecule has 1 N–H and O–H groups in total. The van der Waals surface area contributed by atoms with Gasteiger partial charge in [0.05, 0.1) is 5.69 Å². The fraction of sp³-hybridized carbons (Fsp3) is 0.500. The molecule has 1 aromatic heterocycles. The van der Waals surface area contributed by atoms with E-state index in [1.165, 1.54) is 10.4 Å². The highest BCUT2D eigenvalue weighted by molar-refractivity contribution is 7.15. The molecule has 1 atom stereocenters. The van der Waals surface area contributed by atoms with Gasteiger partial charge in [-0.15, -0.1) is 11.3 Å². The molecule has 0 spiro atoms. The van der Waals surface area contributed by atoms with Crippen molar-refractivity contribution in [2.24, 2.45) is 5.92 Å². The number of aryl methyl sites for hydroxylation is 2. The number of aromatic nitrogens is 1. The monoisotopic (exact) mass is 412 g/mol. The van der Waals surface area contributed by atoms with Crippen LogP contribution in [0.2, 0.25) is 0 Å². The van der Waals surface area contributed by atoms with Gasteiger partial charge < -0.3 is 15.1 Å². The number of carbonyl (C=O) groups excluding carboxylic acids is 2. The first-order chi connectivity index (χ1) is 14.0. The van der Waals surface area contributed by atoms with Crippen molar-refractivity contribution in [2.45, 2.75) is 39.5 Å². The molecule has 1 fully saturated rings. The highest BCUT2D eigenvalue weighted by Crippen LogP contribution is 2.35. The van der Waals surface area contributed by atoms with Gasteiger partial charge in [0.25, 0.3) is 0 Å². The van der Waals surface area contributed by atoms with E-state index in [1.807, 2.05) is 17.0 Å². The van der Waals surface area contributed by atoms with Crippen LogP contribution in [0.1, 0.15) is 36.4 Å². The number of nitrogens with zero attached hydrogens (tertiary/aromatic N) is 3. The van der Waals surface area contributed by atoms with Gasteiger partial charge in [-0.25, -0.2) is 4.98 Å². The van der Waals surface area contributed by atoms with E-state index in [1.54, 1.807) is 18.3 Å². The molecule has 2 aromatic rings. The number of hydrogen-bond acceptors (Lipinski definition) is 5. The van der Waals surface area contributed by atoms with Gasteiger partial charge in [-0.2, -0.15) is 0 Å². The SMILES string of the molecule is CCc1ccc(NC(=O)[C@H]2CCc3nc(N4CCN(C(C)=O)CC4)sc3C2)cc1. The highest BCUT2D eigenvalue weighted by atomic mass is 32.1. The van der Waals surface area contributed by atoms with Crippen LogP contribution in [-0.4, -0.2) is 47.9 Å². The van der Waals surface area contributed by atoms with E-state index >= 15 is 0 Å². The van der Waals surface area contributed by atoms with Gasteiger partial charge in [-0.1, -0.05) is 19.1 Å². The second kappa shape index (κ2) is 8.53. The van der Waals surface area contributed by atoms with Gasteiger partial charge in [0.1, 0.15) is 0 Å². The van der Waals surface area contributed by atoms with E-state index in [0.29, 0.717) is 0 Å². The van der Waals surface area contributed by atoms with Crippen molar-refractivity contribution in [1.82, 2.24) is 9.88 Å². The molecular weight excluding hydrogens is 384 g/mol. The van der Waals surface area contributed by atoms with Crippen molar-refractivity contribution in [3.8, 4) is 0 Å². The van der Waals surface area contributed by atoms with Crippen molar-refractivity contribution in [2.75, 3.05) is 36.4 Å². The third-order valence-corrected chi connectivity index (χ3v) is 7.11. The van der Waals surface area contributed by atoms with Crippen LogP contribution in [0, 0.1) is 5.92 Å². The molecule has 4 rings (SSSR count). The third-order valence-electron chi connectivity index (χ3n) is 5.92. The van der Waals surface area contributed by atoms with Crippen molar-refractivity contribution in [3.05, 3.63) is 40.4 Å². The topological polar surface area (TPSA) is 65.5 Å². The standard InChI is InChI=1S/C22H28N4O2S/c1-3-16-4-7-18(8-5-16)23-21(28)17-6-9-19-20(14-17)29-22(24-19)26-12-10-25(11-13-26)15(2)27/h4-5,7-8,17H,3,6,9-14H2,1-2H3,(H,23,28)/t17-/m0/s1. The lowest BCUT2D eigenvalue weighted by molar-refractivity contribution is -0.129. The minimum Gasteiger partial charge on any atom is -0.345 e. The number of carbonyl (C=O) groups is 2. The van der Waals surface area contributed by atoms with E-state index in [2.05, 4.69) is 29.3 Å². The Hall–Kier alpha value is -2.41. The highest BCUT2D eigenvalue weighted by Gasteiger charge is 2.29. The van der Waals surface area contributed by atoms with E-state index in [9.17, 15) is 9.59 Å². The molecular formula is C22H28N4O2S. The Balaban J connectivity index is 1.37. The lowest BCUT2D eigenvalue weighted by atomic mass is 9.90. The van der Waals surface area contributed by atoms with Gasteiger partial charge >= 0.3 is 0 Å². The summed E-state index contributed by atoms with van der Waals surface area (Å²) in [6, 6.07) is 8.10. The maximum atomic E-state index is 12.8. The summed E-state index contributed by atoms with van der Waals surface area (Å²) in [7, 11) is 0. The summed E-state index contributed by atoms with van der Waals surface area (Å²) in [6.45, 7) is 6.90. The zero-order chi connectivity index (χ0) is 20.4. The zero-order valence-corrected chi connectivity index (χ0v) is 17.9. The number of thiazole rings is 1. The third kappa shape index (κ3) is 4.45. The van der Waals surface area contributed by atoms with Crippen LogP contribution < -0.4 is 10.2 Å². The zero-order valence-electron chi connectivity index (χ0n) is 17.1. The largest absolute Gasteiger partial charge is 0.345 e. The molecule has 0 saturated carbocycles. The number of rotatable bonds is 4. The normalized spacial score (nSPS) is 19.0. The van der Waals surface area contributed by atoms with Crippen LogP contribution in [0.15, 0.2) is 24.3 Å². The molecule has 0 bridgehead atoms. The molecule has 29 heavy (non-hydrogen) atoms. The predicted octanol–water partition coefficient (Wildman–Crippen LogP) is 3.12. The summed E-state index contributed by atoms with van der Waals surface area (Å²) < 4.78 is 0. The lowest BCUT2D eigenvalue weighted by Gasteiger charge is -2.33. The maximum Gasteiger partial charge on any atom is 0.227 e. The summed E-state index contributed by atoms with van der Waals surface area (Å²) in [5, 5.41) is 4.11. The molecule has 1 saturated heterocycles. The summed E-state index contributed by atoms with van der Waals surface area (Å²) in [4.78, 5) is 34.5. The van der Waals surface area contributed by atoms with Gasteiger partial charge in [0, 0.05) is 49.6 Å². The van der Waals surface area contributed by atoms with E-state index < -0.39 is 0 Å². The van der Waals surface area contributed by atoms with Crippen molar-refractivity contribution >= 4 is 34.0 Å². The minimum atomic E-state index is -0.00351. The Kier molecular flexibility index (Phi) is 5.85. The summed E-state index contributed by atoms with van der Waals surface area (Å²) in [5.41, 5.74) is 3.29. The second-order valence-electron chi connectivity index (χ2n) is 7.84. The van der Waals surface area contributed by atoms with Gasteiger partial charge in [-0.3, -0.25) is 9.59 Å². The molecule has 0 unspecified atom stereocenters. The second-order valence-corrected chi connectivity index (χ2v) is 8.90. The number of amides is 2. The number of hydrogen-bond donors (Lipinski definition) is 1. The smallest absolute Gasteiger partial charge is 0.227 e.